The van der Waals surface area contributed by atoms with Gasteiger partial charge in [-0.25, -0.2) is 0 Å². The van der Waals surface area contributed by atoms with E-state index < -0.39 is 8.56 Å². The van der Waals surface area contributed by atoms with Gasteiger partial charge in [0.25, 0.3) is 0 Å². The van der Waals surface area contributed by atoms with Crippen LogP contribution in [0, 0.1) is 5.41 Å². The lowest BCUT2D eigenvalue weighted by atomic mass is 9.80. The lowest BCUT2D eigenvalue weighted by Gasteiger charge is -2.25. The molecule has 0 saturated carbocycles. The zero-order chi connectivity index (χ0) is 17.5. The van der Waals surface area contributed by atoms with Gasteiger partial charge in [0.1, 0.15) is 0 Å². The third-order valence-corrected chi connectivity index (χ3v) is 8.98. The quantitative estimate of drug-likeness (QED) is 0.321. The molecule has 3 heteroatoms. The Balaban J connectivity index is 2.13. The molecule has 1 rings (SSSR count). The van der Waals surface area contributed by atoms with Gasteiger partial charge in [-0.3, -0.25) is 0 Å². The van der Waals surface area contributed by atoms with Gasteiger partial charge in [0.15, 0.2) is 0 Å². The summed E-state index contributed by atoms with van der Waals surface area (Å²) in [7, 11) is 1.74. The van der Waals surface area contributed by atoms with Crippen LogP contribution in [0.5, 0.6) is 0 Å². The summed E-state index contributed by atoms with van der Waals surface area (Å²) in [5, 5.41) is 0. The SMILES string of the molecule is CO[Si](C)(CCCCCCCCC1(C)C=C(C)C(C)=C1C)OC. The molecular formula is C20H38O2Si. The first-order valence-corrected chi connectivity index (χ1v) is 11.8. The monoisotopic (exact) mass is 338 g/mol. The molecule has 1 atom stereocenters. The Morgan fingerprint density at radius 3 is 1.91 bits per heavy atom. The smallest absolute Gasteiger partial charge is 0.334 e. The summed E-state index contributed by atoms with van der Waals surface area (Å²) in [6.07, 6.45) is 11.7. The second kappa shape index (κ2) is 9.19. The topological polar surface area (TPSA) is 18.5 Å². The minimum Gasteiger partial charge on any atom is -0.398 e. The highest BCUT2D eigenvalue weighted by Gasteiger charge is 2.30. The Hall–Kier alpha value is -0.383. The molecule has 0 N–H and O–H groups in total. The van der Waals surface area contributed by atoms with Crippen LogP contribution in [0.25, 0.3) is 0 Å². The zero-order valence-corrected chi connectivity index (χ0v) is 17.6. The van der Waals surface area contributed by atoms with E-state index in [1.165, 1.54) is 56.1 Å². The van der Waals surface area contributed by atoms with Crippen molar-refractivity contribution in [2.24, 2.45) is 5.41 Å². The molecule has 134 valence electrons. The predicted molar refractivity (Wildman–Crippen MR) is 103 cm³/mol. The van der Waals surface area contributed by atoms with Crippen LogP contribution in [-0.4, -0.2) is 22.8 Å². The summed E-state index contributed by atoms with van der Waals surface area (Å²) in [4.78, 5) is 0. The Kier molecular flexibility index (Phi) is 8.26. The van der Waals surface area contributed by atoms with Crippen molar-refractivity contribution in [3.63, 3.8) is 0 Å². The molecule has 0 spiro atoms. The van der Waals surface area contributed by atoms with Crippen molar-refractivity contribution < 1.29 is 8.85 Å². The summed E-state index contributed by atoms with van der Waals surface area (Å²) in [5.41, 5.74) is 4.89. The molecule has 23 heavy (non-hydrogen) atoms. The Bertz CT molecular complexity index is 435. The molecule has 0 radical (unpaired) electrons. The van der Waals surface area contributed by atoms with Crippen LogP contribution in [0.4, 0.5) is 0 Å². The van der Waals surface area contributed by atoms with Crippen LogP contribution >= 0.6 is 0 Å². The van der Waals surface area contributed by atoms with Gasteiger partial charge in [-0.05, 0) is 45.4 Å². The lowest BCUT2D eigenvalue weighted by Crippen LogP contribution is -2.35. The molecular weight excluding hydrogens is 300 g/mol. The van der Waals surface area contributed by atoms with E-state index in [1.54, 1.807) is 19.8 Å². The molecule has 1 aliphatic carbocycles. The van der Waals surface area contributed by atoms with Crippen molar-refractivity contribution >= 4 is 8.56 Å². The van der Waals surface area contributed by atoms with Gasteiger partial charge < -0.3 is 8.85 Å². The molecule has 0 aliphatic heterocycles. The summed E-state index contributed by atoms with van der Waals surface area (Å²) >= 11 is 0. The largest absolute Gasteiger partial charge is 0.398 e. The number of hydrogen-bond acceptors (Lipinski definition) is 2. The van der Waals surface area contributed by atoms with E-state index in [9.17, 15) is 0 Å². The van der Waals surface area contributed by atoms with E-state index in [0.29, 0.717) is 5.41 Å². The van der Waals surface area contributed by atoms with E-state index >= 15 is 0 Å². The number of rotatable bonds is 11. The molecule has 0 bridgehead atoms. The van der Waals surface area contributed by atoms with E-state index in [2.05, 4.69) is 40.3 Å². The van der Waals surface area contributed by atoms with Crippen LogP contribution in [0.3, 0.4) is 0 Å². The first-order chi connectivity index (χ1) is 10.8. The summed E-state index contributed by atoms with van der Waals surface area (Å²) < 4.78 is 11.1. The van der Waals surface area contributed by atoms with E-state index in [4.69, 9.17) is 8.85 Å². The van der Waals surface area contributed by atoms with E-state index in [-0.39, 0.29) is 0 Å². The maximum atomic E-state index is 5.53. The summed E-state index contributed by atoms with van der Waals surface area (Å²) in [5.74, 6) is 0. The lowest BCUT2D eigenvalue weighted by molar-refractivity contribution is 0.248. The summed E-state index contributed by atoms with van der Waals surface area (Å²) in [6, 6.07) is 1.12. The van der Waals surface area contributed by atoms with Gasteiger partial charge >= 0.3 is 8.56 Å². The van der Waals surface area contributed by atoms with Crippen molar-refractivity contribution in [1.29, 1.82) is 0 Å². The van der Waals surface area contributed by atoms with Gasteiger partial charge in [0, 0.05) is 19.6 Å². The van der Waals surface area contributed by atoms with Crippen LogP contribution in [0.1, 0.15) is 72.6 Å². The highest BCUT2D eigenvalue weighted by atomic mass is 28.4. The highest BCUT2D eigenvalue weighted by molar-refractivity contribution is 6.65. The van der Waals surface area contributed by atoms with Crippen molar-refractivity contribution in [1.82, 2.24) is 0 Å². The fourth-order valence-electron chi connectivity index (χ4n) is 3.61. The van der Waals surface area contributed by atoms with Crippen LogP contribution < -0.4 is 0 Å². The molecule has 0 aromatic rings. The minimum atomic E-state index is -1.83. The molecule has 2 nitrogen and oxygen atoms in total. The maximum Gasteiger partial charge on any atom is 0.334 e. The molecule has 0 aromatic heterocycles. The Labute approximate surface area is 145 Å². The van der Waals surface area contributed by atoms with Gasteiger partial charge in [-0.2, -0.15) is 0 Å². The van der Waals surface area contributed by atoms with Crippen molar-refractivity contribution in [3.8, 4) is 0 Å². The Morgan fingerprint density at radius 1 is 0.913 bits per heavy atom. The van der Waals surface area contributed by atoms with Crippen molar-refractivity contribution in [2.75, 3.05) is 14.2 Å². The number of allylic oxidation sites excluding steroid dienone is 4. The standard InChI is InChI=1S/C20H38O2Si/c1-17-16-20(4,19(3)18(17)2)14-12-10-8-9-11-13-15-23(7,21-5)22-6/h16H,8-15H2,1-7H3. The normalized spacial score (nSPS) is 22.0. The van der Waals surface area contributed by atoms with Gasteiger partial charge in [-0.1, -0.05) is 62.7 Å². The first kappa shape index (κ1) is 20.7. The van der Waals surface area contributed by atoms with Crippen molar-refractivity contribution in [3.05, 3.63) is 22.8 Å². The average Bonchev–Trinajstić information content (AvgIpc) is 2.73. The molecule has 0 aromatic carbocycles. The van der Waals surface area contributed by atoms with Crippen molar-refractivity contribution in [2.45, 2.75) is 85.2 Å². The molecule has 1 unspecified atom stereocenters. The number of unbranched alkanes of at least 4 members (excludes halogenated alkanes) is 5. The second-order valence-corrected chi connectivity index (χ2v) is 11.2. The zero-order valence-electron chi connectivity index (χ0n) is 16.6. The third-order valence-electron chi connectivity index (χ3n) is 5.99. The van der Waals surface area contributed by atoms with Crippen LogP contribution in [-0.2, 0) is 8.85 Å². The predicted octanol–water partition coefficient (Wildman–Crippen LogP) is 6.38. The molecule has 1 aliphatic rings. The van der Waals surface area contributed by atoms with Crippen LogP contribution in [0.15, 0.2) is 22.8 Å². The first-order valence-electron chi connectivity index (χ1n) is 9.26. The molecule has 0 heterocycles. The molecule has 0 saturated heterocycles. The molecule has 0 amide bonds. The van der Waals surface area contributed by atoms with Gasteiger partial charge in [0.05, 0.1) is 0 Å². The fraction of sp³-hybridized carbons (Fsp3) is 0.800. The third kappa shape index (κ3) is 5.88. The van der Waals surface area contributed by atoms with Gasteiger partial charge in [0.2, 0.25) is 0 Å². The molecule has 0 fully saturated rings. The maximum absolute atomic E-state index is 5.53. The average molecular weight is 339 g/mol. The Morgan fingerprint density at radius 2 is 1.43 bits per heavy atom. The van der Waals surface area contributed by atoms with Crippen LogP contribution in [0.2, 0.25) is 12.6 Å². The van der Waals surface area contributed by atoms with Gasteiger partial charge in [-0.15, -0.1) is 0 Å². The summed E-state index contributed by atoms with van der Waals surface area (Å²) in [6.45, 7) is 11.4. The second-order valence-electron chi connectivity index (χ2n) is 7.66. The fourth-order valence-corrected chi connectivity index (χ4v) is 5.08. The van der Waals surface area contributed by atoms with E-state index in [0.717, 1.165) is 6.04 Å². The minimum absolute atomic E-state index is 0.318. The van der Waals surface area contributed by atoms with E-state index in [1.807, 2.05) is 0 Å². The number of hydrogen-bond donors (Lipinski definition) is 0. The highest BCUT2D eigenvalue weighted by Crippen LogP contribution is 2.44.